The van der Waals surface area contributed by atoms with Crippen LogP contribution >= 0.6 is 11.3 Å². The second-order valence-electron chi connectivity index (χ2n) is 6.63. The number of nitrogens with zero attached hydrogens (tertiary/aromatic N) is 2. The topological polar surface area (TPSA) is 84.0 Å². The molecule has 7 heteroatoms. The second-order valence-corrected chi connectivity index (χ2v) is 7.61. The Kier molecular flexibility index (Phi) is 5.66. The van der Waals surface area contributed by atoms with Gasteiger partial charge in [-0.25, -0.2) is 0 Å². The van der Waals surface area contributed by atoms with Crippen molar-refractivity contribution in [2.75, 3.05) is 10.6 Å². The first kappa shape index (κ1) is 18.1. The normalized spacial score (nSPS) is 11.2. The number of hydrogen-bond donors (Lipinski definition) is 2. The lowest BCUT2D eigenvalue weighted by molar-refractivity contribution is -0.121. The summed E-state index contributed by atoms with van der Waals surface area (Å²) in [6, 6.07) is 7.53. The number of amides is 2. The molecular formula is C17H22N4O2S. The highest BCUT2D eigenvalue weighted by Crippen LogP contribution is 2.27. The molecule has 0 saturated heterocycles. The zero-order valence-electron chi connectivity index (χ0n) is 14.3. The number of hydrogen-bond acceptors (Lipinski definition) is 5. The Morgan fingerprint density at radius 1 is 1.08 bits per heavy atom. The van der Waals surface area contributed by atoms with Crippen LogP contribution in [0.3, 0.4) is 0 Å². The van der Waals surface area contributed by atoms with E-state index in [4.69, 9.17) is 0 Å². The highest BCUT2D eigenvalue weighted by Gasteiger charge is 2.20. The van der Waals surface area contributed by atoms with Crippen LogP contribution in [0.1, 0.15) is 44.2 Å². The van der Waals surface area contributed by atoms with Crippen LogP contribution in [0.2, 0.25) is 0 Å². The fourth-order valence-corrected chi connectivity index (χ4v) is 2.75. The van der Waals surface area contributed by atoms with Crippen molar-refractivity contribution in [1.29, 1.82) is 0 Å². The molecule has 1 heterocycles. The second kappa shape index (κ2) is 7.53. The summed E-state index contributed by atoms with van der Waals surface area (Å²) in [4.78, 5) is 23.8. The molecule has 1 aromatic heterocycles. The van der Waals surface area contributed by atoms with Gasteiger partial charge in [0.05, 0.1) is 0 Å². The smallest absolute Gasteiger partial charge is 0.226 e. The third kappa shape index (κ3) is 5.42. The third-order valence-corrected chi connectivity index (χ3v) is 4.46. The molecule has 1 aromatic carbocycles. The van der Waals surface area contributed by atoms with Gasteiger partial charge in [0, 0.05) is 23.9 Å². The molecule has 6 nitrogen and oxygen atoms in total. The maximum atomic E-state index is 11.9. The Morgan fingerprint density at radius 2 is 1.75 bits per heavy atom. The molecule has 0 spiro atoms. The molecule has 0 radical (unpaired) electrons. The van der Waals surface area contributed by atoms with Gasteiger partial charge in [-0.3, -0.25) is 9.59 Å². The van der Waals surface area contributed by atoms with E-state index >= 15 is 0 Å². The molecule has 2 rings (SSSR count). The number of carbonyl (C=O) groups excluding carboxylic acids is 2. The largest absolute Gasteiger partial charge is 0.326 e. The molecule has 0 fully saturated rings. The molecule has 0 saturated carbocycles. The van der Waals surface area contributed by atoms with Gasteiger partial charge >= 0.3 is 0 Å². The summed E-state index contributed by atoms with van der Waals surface area (Å²) in [5.41, 5.74) is 1.70. The number of benzene rings is 1. The monoisotopic (exact) mass is 346 g/mol. The molecule has 24 heavy (non-hydrogen) atoms. The summed E-state index contributed by atoms with van der Waals surface area (Å²) in [7, 11) is 0. The Hall–Kier alpha value is -2.28. The molecule has 0 aliphatic rings. The Bertz CT molecular complexity index is 734. The van der Waals surface area contributed by atoms with E-state index in [0.717, 1.165) is 16.3 Å². The van der Waals surface area contributed by atoms with E-state index < -0.39 is 0 Å². The van der Waals surface area contributed by atoms with Gasteiger partial charge in [-0.15, -0.1) is 10.2 Å². The summed E-state index contributed by atoms with van der Waals surface area (Å²) in [6.45, 7) is 8.06. The highest BCUT2D eigenvalue weighted by atomic mass is 32.1. The highest BCUT2D eigenvalue weighted by molar-refractivity contribution is 7.15. The molecule has 2 amide bonds. The Morgan fingerprint density at radius 3 is 2.33 bits per heavy atom. The predicted octanol–water partition coefficient (Wildman–Crippen LogP) is 3.50. The van der Waals surface area contributed by atoms with Crippen molar-refractivity contribution in [2.24, 2.45) is 0 Å². The number of carbonyl (C=O) groups is 2. The van der Waals surface area contributed by atoms with Gasteiger partial charge in [-0.1, -0.05) is 44.2 Å². The van der Waals surface area contributed by atoms with Crippen LogP contribution < -0.4 is 10.6 Å². The van der Waals surface area contributed by atoms with Crippen LogP contribution in [0.25, 0.3) is 0 Å². The SMILES string of the molecule is Cc1cccc(NC(=O)CCC(=O)Nc2nnc(C(C)(C)C)s2)c1. The molecule has 2 N–H and O–H groups in total. The summed E-state index contributed by atoms with van der Waals surface area (Å²) in [6.07, 6.45) is 0.215. The van der Waals surface area contributed by atoms with Crippen molar-refractivity contribution in [1.82, 2.24) is 10.2 Å². The predicted molar refractivity (Wildman–Crippen MR) is 96.3 cm³/mol. The van der Waals surface area contributed by atoms with Crippen LogP contribution in [0.15, 0.2) is 24.3 Å². The minimum absolute atomic E-state index is 0.0993. The third-order valence-electron chi connectivity index (χ3n) is 3.19. The van der Waals surface area contributed by atoms with Crippen molar-refractivity contribution < 1.29 is 9.59 Å². The van der Waals surface area contributed by atoms with Crippen LogP contribution in [-0.4, -0.2) is 22.0 Å². The molecule has 0 unspecified atom stereocenters. The minimum Gasteiger partial charge on any atom is -0.326 e. The van der Waals surface area contributed by atoms with E-state index in [0.29, 0.717) is 5.13 Å². The summed E-state index contributed by atoms with van der Waals surface area (Å²) >= 11 is 1.35. The van der Waals surface area contributed by atoms with E-state index in [1.54, 1.807) is 0 Å². The van der Waals surface area contributed by atoms with Gasteiger partial charge in [0.1, 0.15) is 5.01 Å². The quantitative estimate of drug-likeness (QED) is 0.868. The maximum Gasteiger partial charge on any atom is 0.226 e. The van der Waals surface area contributed by atoms with Crippen molar-refractivity contribution in [2.45, 2.75) is 46.0 Å². The number of aromatic nitrogens is 2. The lowest BCUT2D eigenvalue weighted by Gasteiger charge is -2.12. The molecule has 0 atom stereocenters. The summed E-state index contributed by atoms with van der Waals surface area (Å²) in [5, 5.41) is 14.8. The van der Waals surface area contributed by atoms with E-state index in [2.05, 4.69) is 20.8 Å². The standard InChI is InChI=1S/C17H22N4O2S/c1-11-6-5-7-12(10-11)18-13(22)8-9-14(23)19-16-21-20-15(24-16)17(2,3)4/h5-7,10H,8-9H2,1-4H3,(H,18,22)(H,19,21,23). The molecule has 2 aromatic rings. The molecule has 128 valence electrons. The van der Waals surface area contributed by atoms with Crippen LogP contribution in [-0.2, 0) is 15.0 Å². The Labute approximate surface area is 145 Å². The van der Waals surface area contributed by atoms with E-state index in [-0.39, 0.29) is 30.1 Å². The van der Waals surface area contributed by atoms with Crippen LogP contribution in [0, 0.1) is 6.92 Å². The number of rotatable bonds is 5. The first-order valence-corrected chi connectivity index (χ1v) is 8.56. The zero-order chi connectivity index (χ0) is 17.7. The first-order valence-electron chi connectivity index (χ1n) is 7.74. The fraction of sp³-hybridized carbons (Fsp3) is 0.412. The van der Waals surface area contributed by atoms with E-state index in [9.17, 15) is 9.59 Å². The van der Waals surface area contributed by atoms with Crippen molar-refractivity contribution in [3.63, 3.8) is 0 Å². The van der Waals surface area contributed by atoms with Crippen LogP contribution in [0.4, 0.5) is 10.8 Å². The zero-order valence-corrected chi connectivity index (χ0v) is 15.2. The van der Waals surface area contributed by atoms with Gasteiger partial charge in [0.15, 0.2) is 0 Å². The first-order chi connectivity index (χ1) is 11.2. The molecular weight excluding hydrogens is 324 g/mol. The van der Waals surface area contributed by atoms with E-state index in [1.807, 2.05) is 52.0 Å². The number of anilines is 2. The lowest BCUT2D eigenvalue weighted by atomic mass is 9.98. The maximum absolute atomic E-state index is 11.9. The van der Waals surface area contributed by atoms with E-state index in [1.165, 1.54) is 11.3 Å². The van der Waals surface area contributed by atoms with Gasteiger partial charge in [-0.2, -0.15) is 0 Å². The average Bonchev–Trinajstić information content (AvgIpc) is 2.94. The van der Waals surface area contributed by atoms with Gasteiger partial charge < -0.3 is 10.6 Å². The van der Waals surface area contributed by atoms with Crippen molar-refractivity contribution in [3.05, 3.63) is 34.8 Å². The average molecular weight is 346 g/mol. The van der Waals surface area contributed by atoms with Crippen molar-refractivity contribution in [3.8, 4) is 0 Å². The van der Waals surface area contributed by atoms with Crippen molar-refractivity contribution >= 4 is 34.0 Å². The minimum atomic E-state index is -0.244. The van der Waals surface area contributed by atoms with Gasteiger partial charge in [0.25, 0.3) is 0 Å². The molecule has 0 aliphatic heterocycles. The summed E-state index contributed by atoms with van der Waals surface area (Å²) in [5.74, 6) is -0.436. The molecule has 0 bridgehead atoms. The van der Waals surface area contributed by atoms with Gasteiger partial charge in [0.2, 0.25) is 16.9 Å². The summed E-state index contributed by atoms with van der Waals surface area (Å²) < 4.78 is 0. The molecule has 0 aliphatic carbocycles. The fourth-order valence-electron chi connectivity index (χ4n) is 1.93. The van der Waals surface area contributed by atoms with Gasteiger partial charge in [-0.05, 0) is 24.6 Å². The number of aryl methyl sites for hydroxylation is 1. The Balaban J connectivity index is 1.80. The number of nitrogens with one attached hydrogen (secondary N) is 2. The lowest BCUT2D eigenvalue weighted by Crippen LogP contribution is -2.17. The van der Waals surface area contributed by atoms with Crippen LogP contribution in [0.5, 0.6) is 0 Å².